The number of carbonyl (C=O) groups excluding carboxylic acids is 1. The molecule has 1 unspecified atom stereocenters. The molecule has 0 radical (unpaired) electrons. The summed E-state index contributed by atoms with van der Waals surface area (Å²) in [6.07, 6.45) is 3.59. The molecule has 0 saturated carbocycles. The molecule has 5 nitrogen and oxygen atoms in total. The number of pyridine rings is 1. The van der Waals surface area contributed by atoms with E-state index in [4.69, 9.17) is 9.47 Å². The molecule has 1 amide bonds. The minimum atomic E-state index is -0.0309. The van der Waals surface area contributed by atoms with Gasteiger partial charge in [-0.1, -0.05) is 42.5 Å². The topological polar surface area (TPSA) is 51.7 Å². The van der Waals surface area contributed by atoms with Crippen LogP contribution >= 0.6 is 0 Å². The zero-order valence-corrected chi connectivity index (χ0v) is 16.5. The molecule has 1 aromatic heterocycles. The first-order valence-electron chi connectivity index (χ1n) is 9.78. The number of ether oxygens (including phenoxy) is 2. The fraction of sp³-hybridized carbons (Fsp3) is 0.250. The number of hydrogen-bond acceptors (Lipinski definition) is 4. The molecule has 2 aromatic carbocycles. The normalized spacial score (nSPS) is 15.9. The number of rotatable bonds is 5. The molecule has 1 aliphatic rings. The number of nitrogens with zero attached hydrogens (tertiary/aromatic N) is 2. The van der Waals surface area contributed by atoms with Crippen LogP contribution in [-0.4, -0.2) is 35.0 Å². The van der Waals surface area contributed by atoms with E-state index < -0.39 is 0 Å². The average molecular weight is 388 g/mol. The Morgan fingerprint density at radius 3 is 2.79 bits per heavy atom. The Labute approximate surface area is 170 Å². The van der Waals surface area contributed by atoms with Crippen molar-refractivity contribution in [2.45, 2.75) is 26.1 Å². The summed E-state index contributed by atoms with van der Waals surface area (Å²) >= 11 is 0. The first kappa shape index (κ1) is 19.2. The molecule has 0 fully saturated rings. The monoisotopic (exact) mass is 388 g/mol. The van der Waals surface area contributed by atoms with E-state index in [0.29, 0.717) is 19.8 Å². The summed E-state index contributed by atoms with van der Waals surface area (Å²) in [7, 11) is 0. The van der Waals surface area contributed by atoms with Crippen LogP contribution in [0, 0.1) is 0 Å². The molecule has 148 valence electrons. The summed E-state index contributed by atoms with van der Waals surface area (Å²) in [6.45, 7) is 3.44. The molecule has 0 spiro atoms. The zero-order valence-electron chi connectivity index (χ0n) is 16.5. The molecule has 5 heteroatoms. The van der Waals surface area contributed by atoms with Gasteiger partial charge in [0.05, 0.1) is 12.6 Å². The van der Waals surface area contributed by atoms with E-state index in [2.05, 4.69) is 11.1 Å². The van der Waals surface area contributed by atoms with Gasteiger partial charge >= 0.3 is 0 Å². The zero-order chi connectivity index (χ0) is 20.1. The summed E-state index contributed by atoms with van der Waals surface area (Å²) < 4.78 is 11.6. The van der Waals surface area contributed by atoms with Gasteiger partial charge in [-0.2, -0.15) is 0 Å². The van der Waals surface area contributed by atoms with Crippen LogP contribution in [0.3, 0.4) is 0 Å². The minimum absolute atomic E-state index is 0.0305. The van der Waals surface area contributed by atoms with E-state index >= 15 is 0 Å². The van der Waals surface area contributed by atoms with Crippen molar-refractivity contribution < 1.29 is 14.3 Å². The van der Waals surface area contributed by atoms with Gasteiger partial charge in [0.2, 0.25) is 5.91 Å². The number of amides is 1. The first-order chi connectivity index (χ1) is 14.2. The van der Waals surface area contributed by atoms with Crippen molar-refractivity contribution in [2.24, 2.45) is 0 Å². The fourth-order valence-corrected chi connectivity index (χ4v) is 3.44. The Morgan fingerprint density at radius 2 is 2.00 bits per heavy atom. The van der Waals surface area contributed by atoms with Gasteiger partial charge in [0.15, 0.2) is 0 Å². The Morgan fingerprint density at radius 1 is 1.14 bits per heavy atom. The second kappa shape index (κ2) is 8.88. The van der Waals surface area contributed by atoms with Crippen molar-refractivity contribution in [1.82, 2.24) is 9.88 Å². The van der Waals surface area contributed by atoms with Crippen LogP contribution in [0.25, 0.3) is 11.1 Å². The Bertz CT molecular complexity index is 960. The molecule has 4 rings (SSSR count). The third-order valence-corrected chi connectivity index (χ3v) is 5.07. The number of benzene rings is 2. The lowest BCUT2D eigenvalue weighted by molar-refractivity contribution is -0.139. The minimum Gasteiger partial charge on any atom is -0.491 e. The predicted octanol–water partition coefficient (Wildman–Crippen LogP) is 4.07. The standard InChI is InChI=1S/C24H24N2O3/c1-18-15-29-23-10-9-20(21-8-5-11-25-13-21)12-22(23)14-26(18)24(27)17-28-16-19-6-3-2-4-7-19/h2-13,18H,14-17H2,1H3. The highest BCUT2D eigenvalue weighted by molar-refractivity contribution is 5.78. The molecule has 29 heavy (non-hydrogen) atoms. The molecule has 0 saturated heterocycles. The summed E-state index contributed by atoms with van der Waals surface area (Å²) in [5.41, 5.74) is 4.14. The smallest absolute Gasteiger partial charge is 0.249 e. The number of aromatic nitrogens is 1. The number of hydrogen-bond donors (Lipinski definition) is 0. The van der Waals surface area contributed by atoms with E-state index in [0.717, 1.165) is 28.0 Å². The van der Waals surface area contributed by atoms with Crippen LogP contribution in [0.1, 0.15) is 18.1 Å². The summed E-state index contributed by atoms with van der Waals surface area (Å²) in [6, 6.07) is 19.9. The lowest BCUT2D eigenvalue weighted by atomic mass is 10.0. The van der Waals surface area contributed by atoms with Gasteiger partial charge < -0.3 is 14.4 Å². The van der Waals surface area contributed by atoms with Crippen molar-refractivity contribution in [1.29, 1.82) is 0 Å². The molecular formula is C24H24N2O3. The van der Waals surface area contributed by atoms with Crippen LogP contribution in [0.4, 0.5) is 0 Å². The quantitative estimate of drug-likeness (QED) is 0.661. The third-order valence-electron chi connectivity index (χ3n) is 5.07. The highest BCUT2D eigenvalue weighted by Crippen LogP contribution is 2.30. The van der Waals surface area contributed by atoms with Gasteiger partial charge in [-0.3, -0.25) is 9.78 Å². The maximum Gasteiger partial charge on any atom is 0.249 e. The maximum atomic E-state index is 12.9. The summed E-state index contributed by atoms with van der Waals surface area (Å²) in [4.78, 5) is 18.9. The Kier molecular flexibility index (Phi) is 5.86. The second-order valence-corrected chi connectivity index (χ2v) is 7.22. The van der Waals surface area contributed by atoms with Crippen LogP contribution < -0.4 is 4.74 Å². The van der Waals surface area contributed by atoms with E-state index in [1.165, 1.54) is 0 Å². The van der Waals surface area contributed by atoms with Crippen molar-refractivity contribution in [3.05, 3.63) is 84.2 Å². The van der Waals surface area contributed by atoms with Crippen molar-refractivity contribution in [3.63, 3.8) is 0 Å². The fourth-order valence-electron chi connectivity index (χ4n) is 3.44. The highest BCUT2D eigenvalue weighted by atomic mass is 16.5. The Hall–Kier alpha value is -3.18. The SMILES string of the molecule is CC1COc2ccc(-c3cccnc3)cc2CN1C(=O)COCc1ccccc1. The molecule has 0 N–H and O–H groups in total. The molecule has 0 bridgehead atoms. The lowest BCUT2D eigenvalue weighted by Gasteiger charge is -2.26. The van der Waals surface area contributed by atoms with Crippen LogP contribution in [0.5, 0.6) is 5.75 Å². The molecular weight excluding hydrogens is 364 g/mol. The van der Waals surface area contributed by atoms with Crippen LogP contribution in [-0.2, 0) is 22.7 Å². The second-order valence-electron chi connectivity index (χ2n) is 7.22. The van der Waals surface area contributed by atoms with Gasteiger partial charge in [-0.15, -0.1) is 0 Å². The van der Waals surface area contributed by atoms with Gasteiger partial charge in [0.25, 0.3) is 0 Å². The van der Waals surface area contributed by atoms with E-state index in [1.807, 2.05) is 72.6 Å². The summed E-state index contributed by atoms with van der Waals surface area (Å²) in [5, 5.41) is 0. The average Bonchev–Trinajstić information content (AvgIpc) is 2.93. The van der Waals surface area contributed by atoms with Crippen molar-refractivity contribution in [3.8, 4) is 16.9 Å². The third kappa shape index (κ3) is 4.63. The van der Waals surface area contributed by atoms with E-state index in [1.54, 1.807) is 6.20 Å². The maximum absolute atomic E-state index is 12.9. The van der Waals surface area contributed by atoms with Gasteiger partial charge in [-0.25, -0.2) is 0 Å². The number of carbonyl (C=O) groups is 1. The largest absolute Gasteiger partial charge is 0.491 e. The molecule has 1 aliphatic heterocycles. The Balaban J connectivity index is 1.46. The van der Waals surface area contributed by atoms with E-state index in [-0.39, 0.29) is 18.6 Å². The molecule has 1 atom stereocenters. The van der Waals surface area contributed by atoms with Gasteiger partial charge in [-0.05, 0) is 36.2 Å². The first-order valence-corrected chi connectivity index (χ1v) is 9.78. The van der Waals surface area contributed by atoms with E-state index in [9.17, 15) is 4.79 Å². The van der Waals surface area contributed by atoms with Crippen LogP contribution in [0.2, 0.25) is 0 Å². The predicted molar refractivity (Wildman–Crippen MR) is 111 cm³/mol. The molecule has 0 aliphatic carbocycles. The van der Waals surface area contributed by atoms with Crippen molar-refractivity contribution in [2.75, 3.05) is 13.2 Å². The van der Waals surface area contributed by atoms with Crippen LogP contribution in [0.15, 0.2) is 73.1 Å². The highest BCUT2D eigenvalue weighted by Gasteiger charge is 2.26. The lowest BCUT2D eigenvalue weighted by Crippen LogP contribution is -2.41. The summed E-state index contributed by atoms with van der Waals surface area (Å²) in [5.74, 6) is 0.793. The number of fused-ring (bicyclic) bond motifs is 1. The molecule has 3 aromatic rings. The van der Waals surface area contributed by atoms with Gasteiger partial charge in [0, 0.05) is 30.1 Å². The van der Waals surface area contributed by atoms with Gasteiger partial charge in [0.1, 0.15) is 19.0 Å². The molecule has 2 heterocycles. The van der Waals surface area contributed by atoms with Crippen molar-refractivity contribution >= 4 is 5.91 Å².